The lowest BCUT2D eigenvalue weighted by molar-refractivity contribution is 0.103. The van der Waals surface area contributed by atoms with E-state index in [1.165, 1.54) is 14.2 Å². The van der Waals surface area contributed by atoms with Crippen molar-refractivity contribution in [3.63, 3.8) is 0 Å². The van der Waals surface area contributed by atoms with Crippen molar-refractivity contribution in [1.82, 2.24) is 0 Å². The number of benzene rings is 2. The zero-order valence-corrected chi connectivity index (χ0v) is 10.9. The molecule has 2 N–H and O–H groups in total. The number of rotatable bonds is 4. The maximum atomic E-state index is 12.4. The summed E-state index contributed by atoms with van der Waals surface area (Å²) in [5, 5.41) is 19.8. The first-order chi connectivity index (χ1) is 10.4. The monoisotopic (exact) mass is 276 g/mol. The molecule has 0 aliphatic heterocycles. The van der Waals surface area contributed by atoms with Gasteiger partial charge in [0.25, 0.3) is 0 Å². The first-order valence-corrected chi connectivity index (χ1v) is 5.69. The van der Waals surface area contributed by atoms with Crippen LogP contribution in [0.1, 0.15) is 18.7 Å². The van der Waals surface area contributed by atoms with Crippen LogP contribution in [0.3, 0.4) is 0 Å². The SMILES string of the molecule is [2H]c1cc(C(=O)c2cc([2H])c(OC)cc2O)c(O)cc1OC. The van der Waals surface area contributed by atoms with Crippen LogP contribution >= 0.6 is 0 Å². The number of aromatic hydroxyl groups is 2. The molecule has 0 saturated heterocycles. The van der Waals surface area contributed by atoms with Gasteiger partial charge in [0.15, 0.2) is 5.78 Å². The van der Waals surface area contributed by atoms with Crippen molar-refractivity contribution in [2.45, 2.75) is 0 Å². The first kappa shape index (κ1) is 11.2. The minimum Gasteiger partial charge on any atom is -0.507 e. The molecule has 5 heteroatoms. The van der Waals surface area contributed by atoms with Crippen LogP contribution < -0.4 is 9.47 Å². The summed E-state index contributed by atoms with van der Waals surface area (Å²) in [7, 11) is 2.69. The molecule has 5 nitrogen and oxygen atoms in total. The number of carbonyl (C=O) groups is 1. The molecule has 0 atom stereocenters. The Bertz CT molecular complexity index is 682. The van der Waals surface area contributed by atoms with Crippen LogP contribution in [0.4, 0.5) is 0 Å². The van der Waals surface area contributed by atoms with Gasteiger partial charge < -0.3 is 19.7 Å². The maximum Gasteiger partial charge on any atom is 0.200 e. The van der Waals surface area contributed by atoms with Gasteiger partial charge in [-0.2, -0.15) is 0 Å². The van der Waals surface area contributed by atoms with Gasteiger partial charge in [-0.05, 0) is 24.2 Å². The number of hydrogen-bond donors (Lipinski definition) is 2. The molecule has 2 aromatic carbocycles. The summed E-state index contributed by atoms with van der Waals surface area (Å²) in [6.07, 6.45) is 0. The third-order valence-corrected chi connectivity index (χ3v) is 2.73. The number of hydrogen-bond acceptors (Lipinski definition) is 5. The average Bonchev–Trinajstić information content (AvgIpc) is 2.50. The predicted molar refractivity (Wildman–Crippen MR) is 72.8 cm³/mol. The molecule has 2 rings (SSSR count). The van der Waals surface area contributed by atoms with Crippen molar-refractivity contribution in [1.29, 1.82) is 0 Å². The van der Waals surface area contributed by atoms with E-state index >= 15 is 0 Å². The summed E-state index contributed by atoms with van der Waals surface area (Å²) in [4.78, 5) is 12.4. The van der Waals surface area contributed by atoms with E-state index in [0.717, 1.165) is 24.3 Å². The Morgan fingerprint density at radius 3 is 1.75 bits per heavy atom. The van der Waals surface area contributed by atoms with E-state index in [1.807, 2.05) is 0 Å². The van der Waals surface area contributed by atoms with Gasteiger partial charge in [0.05, 0.1) is 28.1 Å². The normalized spacial score (nSPS) is 11.5. The van der Waals surface area contributed by atoms with Crippen LogP contribution in [-0.2, 0) is 0 Å². The number of ketones is 1. The van der Waals surface area contributed by atoms with Crippen molar-refractivity contribution < 1.29 is 27.2 Å². The molecule has 0 heterocycles. The van der Waals surface area contributed by atoms with Crippen LogP contribution in [-0.4, -0.2) is 30.2 Å². The van der Waals surface area contributed by atoms with Gasteiger partial charge in [-0.25, -0.2) is 0 Å². The fourth-order valence-corrected chi connectivity index (χ4v) is 1.67. The molecule has 0 saturated carbocycles. The van der Waals surface area contributed by atoms with Gasteiger partial charge >= 0.3 is 0 Å². The van der Waals surface area contributed by atoms with Crippen molar-refractivity contribution in [2.24, 2.45) is 0 Å². The fourth-order valence-electron chi connectivity index (χ4n) is 1.67. The van der Waals surface area contributed by atoms with E-state index in [2.05, 4.69) is 0 Å². The molecular weight excluding hydrogens is 260 g/mol. The lowest BCUT2D eigenvalue weighted by Gasteiger charge is -2.08. The third-order valence-electron chi connectivity index (χ3n) is 2.73. The van der Waals surface area contributed by atoms with Crippen LogP contribution in [0.25, 0.3) is 0 Å². The molecular formula is C15H14O5. The fraction of sp³-hybridized carbons (Fsp3) is 0.133. The topological polar surface area (TPSA) is 76.0 Å². The Labute approximate surface area is 118 Å². The smallest absolute Gasteiger partial charge is 0.200 e. The highest BCUT2D eigenvalue weighted by Gasteiger charge is 2.18. The molecule has 2 aromatic rings. The number of phenolic OH excluding ortho intramolecular Hbond substituents is 2. The highest BCUT2D eigenvalue weighted by molar-refractivity contribution is 6.12. The lowest BCUT2D eigenvalue weighted by atomic mass is 10.0. The predicted octanol–water partition coefficient (Wildman–Crippen LogP) is 2.35. The summed E-state index contributed by atoms with van der Waals surface area (Å²) in [5.41, 5.74) is -0.323. The standard InChI is InChI=1S/C15H14O5/c1-19-9-3-5-11(13(16)7-9)15(18)12-6-4-10(20-2)8-14(12)17/h3-8,16-17H,1-2H3/i3D,4D. The average molecular weight is 276 g/mol. The Kier molecular flexibility index (Phi) is 3.08. The Hall–Kier alpha value is -2.69. The van der Waals surface area contributed by atoms with Crippen molar-refractivity contribution >= 4 is 5.78 Å². The zero-order valence-electron chi connectivity index (χ0n) is 12.9. The van der Waals surface area contributed by atoms with Crippen LogP contribution in [0, 0.1) is 0 Å². The number of ether oxygens (including phenoxy) is 2. The van der Waals surface area contributed by atoms with Crippen LogP contribution in [0.2, 0.25) is 0 Å². The Morgan fingerprint density at radius 2 is 1.40 bits per heavy atom. The highest BCUT2D eigenvalue weighted by Crippen LogP contribution is 2.30. The highest BCUT2D eigenvalue weighted by atomic mass is 16.5. The number of phenols is 2. The molecule has 20 heavy (non-hydrogen) atoms. The number of methoxy groups -OCH3 is 2. The molecule has 0 radical (unpaired) electrons. The van der Waals surface area contributed by atoms with Gasteiger partial charge in [-0.3, -0.25) is 4.79 Å². The van der Waals surface area contributed by atoms with Gasteiger partial charge in [-0.1, -0.05) is 0 Å². The molecule has 0 aliphatic carbocycles. The van der Waals surface area contributed by atoms with Gasteiger partial charge in [0.2, 0.25) is 0 Å². The molecule has 0 aliphatic rings. The molecule has 0 spiro atoms. The summed E-state index contributed by atoms with van der Waals surface area (Å²) in [6.45, 7) is 0. The molecule has 104 valence electrons. The van der Waals surface area contributed by atoms with Crippen molar-refractivity contribution in [3.8, 4) is 23.0 Å². The van der Waals surface area contributed by atoms with Crippen LogP contribution in [0.15, 0.2) is 36.4 Å². The first-order valence-electron chi connectivity index (χ1n) is 6.69. The van der Waals surface area contributed by atoms with Gasteiger partial charge in [0.1, 0.15) is 23.0 Å². The van der Waals surface area contributed by atoms with Crippen molar-refractivity contribution in [3.05, 3.63) is 47.5 Å². The van der Waals surface area contributed by atoms with E-state index in [0.29, 0.717) is 0 Å². The van der Waals surface area contributed by atoms with E-state index < -0.39 is 5.78 Å². The summed E-state index contributed by atoms with van der Waals surface area (Å²) < 4.78 is 25.2. The van der Waals surface area contributed by atoms with Gasteiger partial charge in [-0.15, -0.1) is 0 Å². The quantitative estimate of drug-likeness (QED) is 0.838. The van der Waals surface area contributed by atoms with E-state index in [9.17, 15) is 15.0 Å². The van der Waals surface area contributed by atoms with Crippen molar-refractivity contribution in [2.75, 3.05) is 14.2 Å². The minimum absolute atomic E-state index is 0.0808. The summed E-state index contributed by atoms with van der Waals surface area (Å²) in [6, 6.07) is 4.42. The van der Waals surface area contributed by atoms with Crippen LogP contribution in [0.5, 0.6) is 23.0 Å². The van der Waals surface area contributed by atoms with E-state index in [-0.39, 0.29) is 46.2 Å². The third kappa shape index (κ3) is 2.51. The maximum absolute atomic E-state index is 12.4. The summed E-state index contributed by atoms with van der Waals surface area (Å²) >= 11 is 0. The second-order valence-corrected chi connectivity index (χ2v) is 3.93. The zero-order chi connectivity index (χ0) is 16.4. The summed E-state index contributed by atoms with van der Waals surface area (Å²) in [5.74, 6) is -1.22. The second-order valence-electron chi connectivity index (χ2n) is 3.93. The van der Waals surface area contributed by atoms with Gasteiger partial charge in [0, 0.05) is 12.1 Å². The van der Waals surface area contributed by atoms with E-state index in [1.54, 1.807) is 0 Å². The lowest BCUT2D eigenvalue weighted by Crippen LogP contribution is -2.02. The minimum atomic E-state index is -0.706. The molecule has 0 amide bonds. The van der Waals surface area contributed by atoms with E-state index in [4.69, 9.17) is 12.2 Å². The number of carbonyl (C=O) groups excluding carboxylic acids is 1. The Morgan fingerprint density at radius 1 is 1.00 bits per heavy atom. The molecule has 0 fully saturated rings. The molecule has 0 bridgehead atoms. The Balaban J connectivity index is 2.53. The second kappa shape index (κ2) is 5.52. The molecule has 0 aromatic heterocycles. The largest absolute Gasteiger partial charge is 0.507 e. The molecule has 0 unspecified atom stereocenters.